The molecule has 0 amide bonds. The van der Waals surface area contributed by atoms with Crippen molar-refractivity contribution in [3.63, 3.8) is 0 Å². The highest BCUT2D eigenvalue weighted by Gasteiger charge is 2.15. The van der Waals surface area contributed by atoms with Crippen LogP contribution >= 0.6 is 0 Å². The lowest BCUT2D eigenvalue weighted by Crippen LogP contribution is -2.41. The minimum absolute atomic E-state index is 0.543. The molecule has 3 heterocycles. The molecule has 0 aliphatic carbocycles. The molecule has 0 radical (unpaired) electrons. The Bertz CT molecular complexity index is 680. The van der Waals surface area contributed by atoms with Gasteiger partial charge in [0.2, 0.25) is 0 Å². The van der Waals surface area contributed by atoms with Gasteiger partial charge in [-0.25, -0.2) is 4.99 Å². The Balaban J connectivity index is 1.54. The first-order valence-electron chi connectivity index (χ1n) is 9.21. The van der Waals surface area contributed by atoms with Gasteiger partial charge in [-0.2, -0.15) is 0 Å². The van der Waals surface area contributed by atoms with E-state index in [1.165, 1.54) is 0 Å². The summed E-state index contributed by atoms with van der Waals surface area (Å²) < 4.78 is 7.51. The first-order valence-corrected chi connectivity index (χ1v) is 9.21. The summed E-state index contributed by atoms with van der Waals surface area (Å²) in [5.41, 5.74) is 0.949. The van der Waals surface area contributed by atoms with Crippen LogP contribution in [-0.4, -0.2) is 52.0 Å². The third-order valence-corrected chi connectivity index (χ3v) is 4.36. The molecule has 1 aliphatic rings. The van der Waals surface area contributed by atoms with Gasteiger partial charge in [0.15, 0.2) is 5.96 Å². The minimum atomic E-state index is 0.543. The number of nitrogens with one attached hydrogen (secondary N) is 2. The summed E-state index contributed by atoms with van der Waals surface area (Å²) in [4.78, 5) is 9.00. The summed E-state index contributed by atoms with van der Waals surface area (Å²) in [7, 11) is 0. The van der Waals surface area contributed by atoms with E-state index in [2.05, 4.69) is 42.3 Å². The van der Waals surface area contributed by atoms with Crippen LogP contribution in [0.3, 0.4) is 0 Å². The van der Waals surface area contributed by atoms with E-state index in [9.17, 15) is 0 Å². The molecule has 0 bridgehead atoms. The van der Waals surface area contributed by atoms with Crippen LogP contribution in [0.25, 0.3) is 0 Å². The largest absolute Gasteiger partial charge is 0.381 e. The molecule has 2 N–H and O–H groups in total. The first kappa shape index (κ1) is 18.3. The normalized spacial score (nSPS) is 17.4. The molecule has 8 nitrogen and oxygen atoms in total. The molecule has 1 fully saturated rings. The van der Waals surface area contributed by atoms with E-state index in [-0.39, 0.29) is 0 Å². The summed E-state index contributed by atoms with van der Waals surface area (Å²) in [6, 6.07) is 5.87. The molecule has 8 heteroatoms. The van der Waals surface area contributed by atoms with Gasteiger partial charge < -0.3 is 19.9 Å². The Hall–Kier alpha value is -2.48. The Morgan fingerprint density at radius 2 is 2.35 bits per heavy atom. The van der Waals surface area contributed by atoms with Crippen LogP contribution in [0.5, 0.6) is 0 Å². The van der Waals surface area contributed by atoms with E-state index in [1.54, 1.807) is 12.5 Å². The lowest BCUT2D eigenvalue weighted by atomic mass is 10.1. The van der Waals surface area contributed by atoms with E-state index in [0.29, 0.717) is 12.5 Å². The van der Waals surface area contributed by atoms with E-state index >= 15 is 0 Å². The zero-order valence-electron chi connectivity index (χ0n) is 15.3. The van der Waals surface area contributed by atoms with Crippen molar-refractivity contribution in [1.82, 2.24) is 30.4 Å². The maximum Gasteiger partial charge on any atom is 0.191 e. The van der Waals surface area contributed by atoms with E-state index in [1.807, 2.05) is 18.2 Å². The van der Waals surface area contributed by atoms with Gasteiger partial charge in [-0.15, -0.1) is 10.2 Å². The van der Waals surface area contributed by atoms with E-state index in [0.717, 1.165) is 63.2 Å². The standard InChI is InChI=1S/C18H27N7O/c1-2-17-24-23-14-25(17)9-8-20-18(21-11-15-6-10-26-13-15)22-12-16-5-3-4-7-19-16/h3-5,7,14-15H,2,6,8-13H2,1H3,(H2,20,21,22). The second kappa shape index (κ2) is 9.86. The second-order valence-electron chi connectivity index (χ2n) is 6.32. The number of aliphatic imine (C=N–C) groups is 1. The van der Waals surface area contributed by atoms with Crippen molar-refractivity contribution < 1.29 is 4.74 Å². The van der Waals surface area contributed by atoms with Crippen molar-refractivity contribution in [3.8, 4) is 0 Å². The van der Waals surface area contributed by atoms with Crippen LogP contribution in [0, 0.1) is 5.92 Å². The summed E-state index contributed by atoms with van der Waals surface area (Å²) in [6.07, 6.45) is 5.54. The highest BCUT2D eigenvalue weighted by atomic mass is 16.5. The predicted molar refractivity (Wildman–Crippen MR) is 99.7 cm³/mol. The predicted octanol–water partition coefficient (Wildman–Crippen LogP) is 1.01. The molecule has 2 aromatic rings. The molecule has 0 spiro atoms. The Kier molecular flexibility index (Phi) is 6.95. The third-order valence-electron chi connectivity index (χ3n) is 4.36. The SMILES string of the molecule is CCc1nncn1CCNC(=NCc1ccccn1)NCC1CCOC1. The van der Waals surface area contributed by atoms with Gasteiger partial charge in [-0.1, -0.05) is 13.0 Å². The quantitative estimate of drug-likeness (QED) is 0.541. The van der Waals surface area contributed by atoms with Gasteiger partial charge in [0, 0.05) is 44.8 Å². The Labute approximate surface area is 154 Å². The van der Waals surface area contributed by atoms with Gasteiger partial charge >= 0.3 is 0 Å². The van der Waals surface area contributed by atoms with E-state index in [4.69, 9.17) is 4.74 Å². The number of rotatable bonds is 8. The number of nitrogens with zero attached hydrogens (tertiary/aromatic N) is 5. The molecular formula is C18H27N7O. The van der Waals surface area contributed by atoms with Gasteiger partial charge in [-0.3, -0.25) is 4.98 Å². The molecule has 3 rings (SSSR count). The molecule has 1 saturated heterocycles. The first-order chi connectivity index (χ1) is 12.8. The number of aryl methyl sites for hydroxylation is 1. The Morgan fingerprint density at radius 1 is 1.38 bits per heavy atom. The summed E-state index contributed by atoms with van der Waals surface area (Å²) >= 11 is 0. The zero-order chi connectivity index (χ0) is 18.0. The monoisotopic (exact) mass is 357 g/mol. The maximum absolute atomic E-state index is 5.45. The molecule has 1 aliphatic heterocycles. The van der Waals surface area contributed by atoms with Crippen molar-refractivity contribution >= 4 is 5.96 Å². The van der Waals surface area contributed by atoms with E-state index < -0.39 is 0 Å². The van der Waals surface area contributed by atoms with Crippen molar-refractivity contribution in [1.29, 1.82) is 0 Å². The average Bonchev–Trinajstić information content (AvgIpc) is 3.36. The summed E-state index contributed by atoms with van der Waals surface area (Å²) in [5, 5.41) is 14.9. The molecule has 0 aromatic carbocycles. The highest BCUT2D eigenvalue weighted by molar-refractivity contribution is 5.79. The molecule has 2 aromatic heterocycles. The van der Waals surface area contributed by atoms with Crippen LogP contribution in [0.1, 0.15) is 24.9 Å². The fourth-order valence-electron chi connectivity index (χ4n) is 2.85. The topological polar surface area (TPSA) is 89.3 Å². The van der Waals surface area contributed by atoms with Crippen molar-refractivity contribution in [2.45, 2.75) is 32.9 Å². The van der Waals surface area contributed by atoms with Crippen molar-refractivity contribution in [3.05, 3.63) is 42.2 Å². The number of ether oxygens (including phenoxy) is 1. The smallest absolute Gasteiger partial charge is 0.191 e. The highest BCUT2D eigenvalue weighted by Crippen LogP contribution is 2.10. The van der Waals surface area contributed by atoms with Crippen LogP contribution in [0.4, 0.5) is 0 Å². The van der Waals surface area contributed by atoms with Crippen LogP contribution in [-0.2, 0) is 24.2 Å². The number of hydrogen-bond acceptors (Lipinski definition) is 5. The number of hydrogen-bond donors (Lipinski definition) is 2. The van der Waals surface area contributed by atoms with Gasteiger partial charge in [0.25, 0.3) is 0 Å². The number of aromatic nitrogens is 4. The van der Waals surface area contributed by atoms with Crippen molar-refractivity contribution in [2.24, 2.45) is 10.9 Å². The fraction of sp³-hybridized carbons (Fsp3) is 0.556. The number of guanidine groups is 1. The fourth-order valence-corrected chi connectivity index (χ4v) is 2.85. The molecule has 0 saturated carbocycles. The lowest BCUT2D eigenvalue weighted by molar-refractivity contribution is 0.186. The van der Waals surface area contributed by atoms with Crippen LogP contribution in [0.2, 0.25) is 0 Å². The zero-order valence-corrected chi connectivity index (χ0v) is 15.3. The third kappa shape index (κ3) is 5.52. The van der Waals surface area contributed by atoms with Crippen LogP contribution in [0.15, 0.2) is 35.7 Å². The van der Waals surface area contributed by atoms with Gasteiger partial charge in [0.05, 0.1) is 18.8 Å². The van der Waals surface area contributed by atoms with Gasteiger partial charge in [0.1, 0.15) is 12.2 Å². The molecule has 1 unspecified atom stereocenters. The molecule has 26 heavy (non-hydrogen) atoms. The Morgan fingerprint density at radius 3 is 3.12 bits per heavy atom. The second-order valence-corrected chi connectivity index (χ2v) is 6.32. The maximum atomic E-state index is 5.45. The number of pyridine rings is 1. The summed E-state index contributed by atoms with van der Waals surface area (Å²) in [5.74, 6) is 2.34. The van der Waals surface area contributed by atoms with Crippen LogP contribution < -0.4 is 10.6 Å². The molecule has 140 valence electrons. The molecular weight excluding hydrogens is 330 g/mol. The lowest BCUT2D eigenvalue weighted by Gasteiger charge is -2.15. The molecule has 1 atom stereocenters. The average molecular weight is 357 g/mol. The van der Waals surface area contributed by atoms with Crippen molar-refractivity contribution in [2.75, 3.05) is 26.3 Å². The minimum Gasteiger partial charge on any atom is -0.381 e. The summed E-state index contributed by atoms with van der Waals surface area (Å²) in [6.45, 7) is 6.71. The van der Waals surface area contributed by atoms with Gasteiger partial charge in [-0.05, 0) is 18.6 Å².